The van der Waals surface area contributed by atoms with Crippen LogP contribution in [0, 0.1) is 5.82 Å². The summed E-state index contributed by atoms with van der Waals surface area (Å²) in [6.45, 7) is 0.234. The highest BCUT2D eigenvalue weighted by Gasteiger charge is 2.13. The molecule has 0 radical (unpaired) electrons. The average molecular weight is 246 g/mol. The number of hydrogen-bond donors (Lipinski definition) is 2. The monoisotopic (exact) mass is 246 g/mol. The van der Waals surface area contributed by atoms with E-state index in [0.717, 1.165) is 5.69 Å². The van der Waals surface area contributed by atoms with E-state index in [0.29, 0.717) is 22.9 Å². The van der Waals surface area contributed by atoms with Crippen LogP contribution in [-0.2, 0) is 0 Å². The van der Waals surface area contributed by atoms with Crippen molar-refractivity contribution in [1.82, 2.24) is 0 Å². The van der Waals surface area contributed by atoms with E-state index in [1.165, 1.54) is 12.1 Å². The number of nitrogen functional groups attached to an aromatic ring is 1. The van der Waals surface area contributed by atoms with Gasteiger partial charge in [-0.25, -0.2) is 4.39 Å². The molecule has 0 aromatic heterocycles. The highest BCUT2D eigenvalue weighted by molar-refractivity contribution is 5.73. The minimum absolute atomic E-state index is 0.234. The molecule has 2 aromatic rings. The molecule has 3 rings (SSSR count). The van der Waals surface area contributed by atoms with Crippen LogP contribution in [-0.4, -0.2) is 6.79 Å². The van der Waals surface area contributed by atoms with Gasteiger partial charge < -0.3 is 20.5 Å². The third kappa shape index (κ3) is 1.90. The zero-order valence-corrected chi connectivity index (χ0v) is 9.44. The van der Waals surface area contributed by atoms with E-state index < -0.39 is 0 Å². The lowest BCUT2D eigenvalue weighted by Gasteiger charge is -2.09. The molecule has 18 heavy (non-hydrogen) atoms. The molecular formula is C13H11FN2O2. The van der Waals surface area contributed by atoms with Gasteiger partial charge in [-0.05, 0) is 30.3 Å². The fraction of sp³-hybridized carbons (Fsp3) is 0.0769. The molecule has 0 bridgehead atoms. The number of nitrogens with two attached hydrogens (primary N) is 1. The van der Waals surface area contributed by atoms with Gasteiger partial charge in [0.1, 0.15) is 5.82 Å². The number of fused-ring (bicyclic) bond motifs is 1. The van der Waals surface area contributed by atoms with Crippen molar-refractivity contribution in [2.24, 2.45) is 0 Å². The second-order valence-electron chi connectivity index (χ2n) is 3.92. The van der Waals surface area contributed by atoms with Crippen molar-refractivity contribution in [3.63, 3.8) is 0 Å². The molecular weight excluding hydrogens is 235 g/mol. The molecule has 1 aliphatic heterocycles. The van der Waals surface area contributed by atoms with Crippen LogP contribution in [0.25, 0.3) is 0 Å². The second kappa shape index (κ2) is 4.10. The predicted octanol–water partition coefficient (Wildman–Crippen LogP) is 2.88. The molecule has 2 aromatic carbocycles. The quantitative estimate of drug-likeness (QED) is 0.800. The van der Waals surface area contributed by atoms with Crippen molar-refractivity contribution in [3.8, 4) is 11.5 Å². The molecule has 5 heteroatoms. The maximum atomic E-state index is 12.9. The SMILES string of the molecule is Nc1cc(F)ccc1Nc1ccc2c(c1)OCO2. The Bertz CT molecular complexity index is 602. The Kier molecular flexibility index (Phi) is 2.44. The third-order valence-corrected chi connectivity index (χ3v) is 2.67. The first-order chi connectivity index (χ1) is 8.72. The van der Waals surface area contributed by atoms with Gasteiger partial charge in [-0.1, -0.05) is 0 Å². The van der Waals surface area contributed by atoms with Crippen LogP contribution < -0.4 is 20.5 Å². The fourth-order valence-electron chi connectivity index (χ4n) is 1.78. The Morgan fingerprint density at radius 3 is 2.72 bits per heavy atom. The van der Waals surface area contributed by atoms with Crippen LogP contribution >= 0.6 is 0 Å². The second-order valence-corrected chi connectivity index (χ2v) is 3.92. The van der Waals surface area contributed by atoms with Crippen molar-refractivity contribution in [3.05, 3.63) is 42.2 Å². The molecule has 0 aliphatic carbocycles. The number of rotatable bonds is 2. The van der Waals surface area contributed by atoms with Gasteiger partial charge in [-0.15, -0.1) is 0 Å². The summed E-state index contributed by atoms with van der Waals surface area (Å²) in [5.41, 5.74) is 7.53. The summed E-state index contributed by atoms with van der Waals surface area (Å²) in [4.78, 5) is 0. The highest BCUT2D eigenvalue weighted by atomic mass is 19.1. The molecule has 0 saturated heterocycles. The van der Waals surface area contributed by atoms with Crippen LogP contribution in [0.15, 0.2) is 36.4 Å². The van der Waals surface area contributed by atoms with Crippen molar-refractivity contribution in [1.29, 1.82) is 0 Å². The van der Waals surface area contributed by atoms with E-state index in [1.54, 1.807) is 6.07 Å². The average Bonchev–Trinajstić information content (AvgIpc) is 2.80. The molecule has 1 aliphatic rings. The highest BCUT2D eigenvalue weighted by Crippen LogP contribution is 2.35. The summed E-state index contributed by atoms with van der Waals surface area (Å²) in [5.74, 6) is 1.04. The van der Waals surface area contributed by atoms with Gasteiger partial charge in [0.25, 0.3) is 0 Å². The largest absolute Gasteiger partial charge is 0.454 e. The first kappa shape index (κ1) is 10.7. The number of benzene rings is 2. The van der Waals surface area contributed by atoms with Crippen molar-refractivity contribution in [2.45, 2.75) is 0 Å². The Labute approximate surface area is 103 Å². The number of anilines is 3. The zero-order chi connectivity index (χ0) is 12.5. The zero-order valence-electron chi connectivity index (χ0n) is 9.44. The Morgan fingerprint density at radius 1 is 1.06 bits per heavy atom. The third-order valence-electron chi connectivity index (χ3n) is 2.67. The number of halogens is 1. The smallest absolute Gasteiger partial charge is 0.231 e. The van der Waals surface area contributed by atoms with Crippen molar-refractivity contribution in [2.75, 3.05) is 17.8 Å². The normalized spacial score (nSPS) is 12.5. The van der Waals surface area contributed by atoms with Gasteiger partial charge in [0, 0.05) is 11.8 Å². The maximum Gasteiger partial charge on any atom is 0.231 e. The molecule has 0 unspecified atom stereocenters. The van der Waals surface area contributed by atoms with E-state index in [4.69, 9.17) is 15.2 Å². The van der Waals surface area contributed by atoms with Crippen molar-refractivity contribution >= 4 is 17.1 Å². The first-order valence-corrected chi connectivity index (χ1v) is 5.44. The van der Waals surface area contributed by atoms with Gasteiger partial charge >= 0.3 is 0 Å². The van der Waals surface area contributed by atoms with Crippen LogP contribution in [0.3, 0.4) is 0 Å². The van der Waals surface area contributed by atoms with Gasteiger partial charge in [0.05, 0.1) is 11.4 Å². The van der Waals surface area contributed by atoms with Crippen LogP contribution in [0.1, 0.15) is 0 Å². The summed E-state index contributed by atoms with van der Waals surface area (Å²) < 4.78 is 23.4. The number of hydrogen-bond acceptors (Lipinski definition) is 4. The molecule has 0 fully saturated rings. The molecule has 4 nitrogen and oxygen atoms in total. The first-order valence-electron chi connectivity index (χ1n) is 5.44. The summed E-state index contributed by atoms with van der Waals surface area (Å²) in [6.07, 6.45) is 0. The Morgan fingerprint density at radius 2 is 1.89 bits per heavy atom. The topological polar surface area (TPSA) is 56.5 Å². The van der Waals surface area contributed by atoms with E-state index >= 15 is 0 Å². The summed E-state index contributed by atoms with van der Waals surface area (Å²) in [6, 6.07) is 9.68. The molecule has 0 saturated carbocycles. The van der Waals surface area contributed by atoms with Gasteiger partial charge in [0.15, 0.2) is 11.5 Å². The molecule has 3 N–H and O–H groups in total. The molecule has 92 valence electrons. The van der Waals surface area contributed by atoms with E-state index in [9.17, 15) is 4.39 Å². The molecule has 0 spiro atoms. The van der Waals surface area contributed by atoms with Crippen LogP contribution in [0.4, 0.5) is 21.5 Å². The number of ether oxygens (including phenoxy) is 2. The van der Waals surface area contributed by atoms with E-state index in [-0.39, 0.29) is 12.6 Å². The summed E-state index contributed by atoms with van der Waals surface area (Å²) >= 11 is 0. The lowest BCUT2D eigenvalue weighted by Crippen LogP contribution is -1.96. The van der Waals surface area contributed by atoms with E-state index in [2.05, 4.69) is 5.32 Å². The molecule has 0 amide bonds. The Hall–Kier alpha value is -2.43. The van der Waals surface area contributed by atoms with Crippen LogP contribution in [0.2, 0.25) is 0 Å². The van der Waals surface area contributed by atoms with Gasteiger partial charge in [-0.3, -0.25) is 0 Å². The minimum Gasteiger partial charge on any atom is -0.454 e. The van der Waals surface area contributed by atoms with Crippen molar-refractivity contribution < 1.29 is 13.9 Å². The standard InChI is InChI=1S/C13H11FN2O2/c14-8-1-3-11(10(15)5-8)16-9-2-4-12-13(6-9)18-7-17-12/h1-6,16H,7,15H2. The summed E-state index contributed by atoms with van der Waals surface area (Å²) in [5, 5.41) is 3.10. The van der Waals surface area contributed by atoms with Crippen LogP contribution in [0.5, 0.6) is 11.5 Å². The van der Waals surface area contributed by atoms with Gasteiger partial charge in [-0.2, -0.15) is 0 Å². The lowest BCUT2D eigenvalue weighted by molar-refractivity contribution is 0.174. The maximum absolute atomic E-state index is 12.9. The molecule has 1 heterocycles. The Balaban J connectivity index is 1.88. The fourth-order valence-corrected chi connectivity index (χ4v) is 1.78. The lowest BCUT2D eigenvalue weighted by atomic mass is 10.2. The molecule has 0 atom stereocenters. The predicted molar refractivity (Wildman–Crippen MR) is 66.7 cm³/mol. The van der Waals surface area contributed by atoms with E-state index in [1.807, 2.05) is 18.2 Å². The number of nitrogens with one attached hydrogen (secondary N) is 1. The summed E-state index contributed by atoms with van der Waals surface area (Å²) in [7, 11) is 0. The van der Waals surface area contributed by atoms with Gasteiger partial charge in [0.2, 0.25) is 6.79 Å². The minimum atomic E-state index is -0.358.